The van der Waals surface area contributed by atoms with E-state index >= 15 is 0 Å². The Labute approximate surface area is 78.2 Å². The molecule has 0 aromatic carbocycles. The Morgan fingerprint density at radius 2 is 2.31 bits per heavy atom. The number of pyridine rings is 1. The van der Waals surface area contributed by atoms with Crippen LogP contribution in [0.2, 0.25) is 0 Å². The topological polar surface area (TPSA) is 38.9 Å². The van der Waals surface area contributed by atoms with Gasteiger partial charge in [0.2, 0.25) is 0 Å². The quantitative estimate of drug-likeness (QED) is 0.605. The maximum atomic E-state index is 5.76. The van der Waals surface area contributed by atoms with E-state index < -0.39 is 0 Å². The molecule has 2 N–H and O–H groups in total. The fourth-order valence-electron chi connectivity index (χ4n) is 1.09. The maximum absolute atomic E-state index is 5.76. The molecule has 0 aliphatic heterocycles. The Kier molecular flexibility index (Phi) is 1.94. The van der Waals surface area contributed by atoms with Crippen LogP contribution in [0.4, 0.5) is 5.69 Å². The highest BCUT2D eigenvalue weighted by molar-refractivity contribution is 5.52. The number of aryl methyl sites for hydroxylation is 1. The molecule has 0 saturated heterocycles. The first-order chi connectivity index (χ1) is 6.25. The molecule has 0 unspecified atom stereocenters. The molecule has 0 spiro atoms. The molecule has 1 aliphatic carbocycles. The van der Waals surface area contributed by atoms with Crippen molar-refractivity contribution < 1.29 is 0 Å². The Morgan fingerprint density at radius 1 is 1.54 bits per heavy atom. The van der Waals surface area contributed by atoms with Gasteiger partial charge in [-0.15, -0.1) is 0 Å². The molecule has 2 nitrogen and oxygen atoms in total. The second kappa shape index (κ2) is 3.10. The van der Waals surface area contributed by atoms with Gasteiger partial charge < -0.3 is 5.73 Å². The van der Waals surface area contributed by atoms with E-state index in [-0.39, 0.29) is 0 Å². The Bertz CT molecular complexity index is 381. The lowest BCUT2D eigenvalue weighted by Gasteiger charge is -1.97. The number of anilines is 1. The van der Waals surface area contributed by atoms with E-state index in [9.17, 15) is 0 Å². The monoisotopic (exact) mass is 172 g/mol. The third-order valence-corrected chi connectivity index (χ3v) is 2.03. The zero-order chi connectivity index (χ0) is 9.26. The molecule has 1 aromatic rings. The molecule has 1 heterocycles. The molecule has 1 aliphatic rings. The smallest absolute Gasteiger partial charge is 0.136 e. The third-order valence-electron chi connectivity index (χ3n) is 2.03. The van der Waals surface area contributed by atoms with Crippen molar-refractivity contribution in [3.05, 3.63) is 23.5 Å². The first-order valence-electron chi connectivity index (χ1n) is 4.49. The summed E-state index contributed by atoms with van der Waals surface area (Å²) in [5.41, 5.74) is 8.25. The predicted octanol–water partition coefficient (Wildman–Crippen LogP) is 1.73. The lowest BCUT2D eigenvalue weighted by molar-refractivity contribution is 1.17. The summed E-state index contributed by atoms with van der Waals surface area (Å²) in [5, 5.41) is 0. The molecule has 1 aromatic heterocycles. The van der Waals surface area contributed by atoms with Crippen LogP contribution in [-0.4, -0.2) is 4.98 Å². The fraction of sp³-hybridized carbons (Fsp3) is 0.364. The van der Waals surface area contributed by atoms with Crippen molar-refractivity contribution in [1.82, 2.24) is 4.98 Å². The second-order valence-electron chi connectivity index (χ2n) is 3.49. The number of hydrogen-bond acceptors (Lipinski definition) is 2. The van der Waals surface area contributed by atoms with Gasteiger partial charge in [-0.3, -0.25) is 0 Å². The molecule has 13 heavy (non-hydrogen) atoms. The number of hydrogen-bond donors (Lipinski definition) is 1. The molecular weight excluding hydrogens is 160 g/mol. The maximum Gasteiger partial charge on any atom is 0.136 e. The van der Waals surface area contributed by atoms with Gasteiger partial charge in [-0.2, -0.15) is 0 Å². The van der Waals surface area contributed by atoms with Crippen LogP contribution in [0.3, 0.4) is 0 Å². The summed E-state index contributed by atoms with van der Waals surface area (Å²) in [6, 6.07) is 1.91. The third kappa shape index (κ3) is 2.00. The van der Waals surface area contributed by atoms with Crippen LogP contribution in [0.15, 0.2) is 12.3 Å². The molecule has 66 valence electrons. The largest absolute Gasteiger partial charge is 0.396 e. The highest BCUT2D eigenvalue weighted by atomic mass is 14.7. The van der Waals surface area contributed by atoms with Crippen LogP contribution < -0.4 is 5.73 Å². The molecular formula is C11H12N2. The zero-order valence-corrected chi connectivity index (χ0v) is 7.67. The Balaban J connectivity index is 2.25. The van der Waals surface area contributed by atoms with Gasteiger partial charge in [0.05, 0.1) is 5.69 Å². The molecule has 0 amide bonds. The number of aromatic nitrogens is 1. The standard InChI is InChI=1S/C11H12N2/c1-8-6-10(12)11(13-7-8)5-4-9-2-3-9/h6-7,9H,2-3,12H2,1H3. The number of nitrogens with two attached hydrogens (primary N) is 1. The van der Waals surface area contributed by atoms with Gasteiger partial charge in [0.25, 0.3) is 0 Å². The molecule has 2 heteroatoms. The second-order valence-corrected chi connectivity index (χ2v) is 3.49. The van der Waals surface area contributed by atoms with Gasteiger partial charge in [-0.25, -0.2) is 4.98 Å². The van der Waals surface area contributed by atoms with E-state index in [4.69, 9.17) is 5.73 Å². The number of nitrogen functional groups attached to an aromatic ring is 1. The average molecular weight is 172 g/mol. The molecule has 0 atom stereocenters. The van der Waals surface area contributed by atoms with E-state index in [2.05, 4.69) is 16.8 Å². The summed E-state index contributed by atoms with van der Waals surface area (Å²) in [4.78, 5) is 4.18. The molecule has 1 fully saturated rings. The SMILES string of the molecule is Cc1cnc(C#CC2CC2)c(N)c1. The molecule has 1 saturated carbocycles. The Hall–Kier alpha value is -1.49. The lowest BCUT2D eigenvalue weighted by Crippen LogP contribution is -1.94. The minimum absolute atomic E-state index is 0.600. The van der Waals surface area contributed by atoms with Crippen molar-refractivity contribution >= 4 is 5.69 Å². The molecule has 0 bridgehead atoms. The lowest BCUT2D eigenvalue weighted by atomic mass is 10.2. The van der Waals surface area contributed by atoms with Gasteiger partial charge in [-0.1, -0.05) is 5.92 Å². The van der Waals surface area contributed by atoms with Crippen molar-refractivity contribution in [3.63, 3.8) is 0 Å². The van der Waals surface area contributed by atoms with E-state index in [1.54, 1.807) is 6.20 Å². The predicted molar refractivity (Wildman–Crippen MR) is 53.0 cm³/mol. The number of rotatable bonds is 0. The van der Waals surface area contributed by atoms with E-state index in [0.717, 1.165) is 11.3 Å². The highest BCUT2D eigenvalue weighted by Crippen LogP contribution is 2.27. The van der Waals surface area contributed by atoms with Crippen LogP contribution in [0, 0.1) is 24.7 Å². The van der Waals surface area contributed by atoms with Crippen molar-refractivity contribution in [3.8, 4) is 11.8 Å². The van der Waals surface area contributed by atoms with E-state index in [0.29, 0.717) is 11.6 Å². The van der Waals surface area contributed by atoms with E-state index in [1.165, 1.54) is 12.8 Å². The first-order valence-corrected chi connectivity index (χ1v) is 4.49. The fourth-order valence-corrected chi connectivity index (χ4v) is 1.09. The van der Waals surface area contributed by atoms with Crippen LogP contribution in [0.25, 0.3) is 0 Å². The summed E-state index contributed by atoms with van der Waals surface area (Å²) in [6.45, 7) is 1.97. The molecule has 2 rings (SSSR count). The van der Waals surface area contributed by atoms with Crippen molar-refractivity contribution in [2.45, 2.75) is 19.8 Å². The normalized spacial score (nSPS) is 14.8. The minimum Gasteiger partial charge on any atom is -0.396 e. The summed E-state index contributed by atoms with van der Waals surface area (Å²) in [7, 11) is 0. The minimum atomic E-state index is 0.600. The molecule has 0 radical (unpaired) electrons. The highest BCUT2D eigenvalue weighted by Gasteiger charge is 2.17. The zero-order valence-electron chi connectivity index (χ0n) is 7.67. The van der Waals surface area contributed by atoms with Gasteiger partial charge >= 0.3 is 0 Å². The summed E-state index contributed by atoms with van der Waals surface area (Å²) < 4.78 is 0. The van der Waals surface area contributed by atoms with Crippen molar-refractivity contribution in [2.24, 2.45) is 5.92 Å². The van der Waals surface area contributed by atoms with Crippen LogP contribution in [0.5, 0.6) is 0 Å². The van der Waals surface area contributed by atoms with Gasteiger partial charge in [0.1, 0.15) is 5.69 Å². The number of nitrogens with zero attached hydrogens (tertiary/aromatic N) is 1. The van der Waals surface area contributed by atoms with Gasteiger partial charge in [0, 0.05) is 12.1 Å². The summed E-state index contributed by atoms with van der Waals surface area (Å²) in [5.74, 6) is 6.76. The van der Waals surface area contributed by atoms with Crippen LogP contribution in [-0.2, 0) is 0 Å². The van der Waals surface area contributed by atoms with Crippen molar-refractivity contribution in [2.75, 3.05) is 5.73 Å². The van der Waals surface area contributed by atoms with Crippen LogP contribution >= 0.6 is 0 Å². The Morgan fingerprint density at radius 3 is 2.92 bits per heavy atom. The average Bonchev–Trinajstić information content (AvgIpc) is 2.86. The summed E-state index contributed by atoms with van der Waals surface area (Å²) in [6.07, 6.45) is 4.27. The van der Waals surface area contributed by atoms with Crippen molar-refractivity contribution in [1.29, 1.82) is 0 Å². The summed E-state index contributed by atoms with van der Waals surface area (Å²) >= 11 is 0. The van der Waals surface area contributed by atoms with E-state index in [1.807, 2.05) is 13.0 Å². The first kappa shape index (κ1) is 8.12. The van der Waals surface area contributed by atoms with Gasteiger partial charge in [0.15, 0.2) is 0 Å². The van der Waals surface area contributed by atoms with Gasteiger partial charge in [-0.05, 0) is 37.3 Å². The van der Waals surface area contributed by atoms with Crippen LogP contribution in [0.1, 0.15) is 24.1 Å².